The molecule has 0 radical (unpaired) electrons. The molecule has 300 valence electrons. The van der Waals surface area contributed by atoms with E-state index in [9.17, 15) is 0 Å². The summed E-state index contributed by atoms with van der Waals surface area (Å²) >= 11 is 0. The average Bonchev–Trinajstić information content (AvgIpc) is 3.98. The van der Waals surface area contributed by atoms with Gasteiger partial charge in [-0.25, -0.2) is 0 Å². The molecule has 10 aromatic carbocycles. The Labute approximate surface area is 370 Å². The zero-order valence-corrected chi connectivity index (χ0v) is 35.3. The Hall–Kier alpha value is -8.40. The van der Waals surface area contributed by atoms with E-state index in [0.717, 1.165) is 0 Å². The molecule has 0 bridgehead atoms. The van der Waals surface area contributed by atoms with E-state index in [1.165, 1.54) is 121 Å². The predicted octanol–water partition coefficient (Wildman–Crippen LogP) is 16.2. The predicted molar refractivity (Wildman–Crippen MR) is 271 cm³/mol. The van der Waals surface area contributed by atoms with Gasteiger partial charge in [0.2, 0.25) is 0 Å². The van der Waals surface area contributed by atoms with E-state index in [-0.39, 0.29) is 0 Å². The van der Waals surface area contributed by atoms with E-state index < -0.39 is 0 Å². The lowest BCUT2D eigenvalue weighted by Crippen LogP contribution is -1.92. The molecule has 64 heavy (non-hydrogen) atoms. The molecule has 0 aliphatic heterocycles. The van der Waals surface area contributed by atoms with E-state index in [4.69, 9.17) is 0 Å². The van der Waals surface area contributed by atoms with Crippen molar-refractivity contribution in [3.8, 4) is 55.9 Å². The van der Waals surface area contributed by atoms with Crippen LogP contribution in [-0.2, 0) is 7.05 Å². The summed E-state index contributed by atoms with van der Waals surface area (Å²) < 4.78 is 7.06. The first-order valence-corrected chi connectivity index (χ1v) is 22.1. The first-order chi connectivity index (χ1) is 31.6. The molecular weight excluding hydrogens is 775 g/mol. The molecule has 0 spiro atoms. The lowest BCUT2D eigenvalue weighted by Gasteiger charge is -2.09. The molecule has 0 N–H and O–H groups in total. The van der Waals surface area contributed by atoms with Gasteiger partial charge in [0.15, 0.2) is 0 Å². The van der Waals surface area contributed by atoms with Gasteiger partial charge >= 0.3 is 0 Å². The minimum Gasteiger partial charge on any atom is -0.344 e. The normalized spacial score (nSPS) is 11.8. The quantitative estimate of drug-likeness (QED) is 0.159. The number of aromatic nitrogens is 3. The molecule has 0 saturated heterocycles. The first kappa shape index (κ1) is 36.3. The maximum Gasteiger partial charge on any atom is 0.0541 e. The minimum atomic E-state index is 1.17. The lowest BCUT2D eigenvalue weighted by atomic mass is 9.97. The zero-order chi connectivity index (χ0) is 42.3. The summed E-state index contributed by atoms with van der Waals surface area (Å²) in [5.74, 6) is 0. The third kappa shape index (κ3) is 5.68. The number of nitrogens with zero attached hydrogens (tertiary/aromatic N) is 3. The van der Waals surface area contributed by atoms with Gasteiger partial charge in [-0.15, -0.1) is 0 Å². The summed E-state index contributed by atoms with van der Waals surface area (Å²) in [5, 5.41) is 7.59. The molecule has 0 aliphatic rings. The van der Waals surface area contributed by atoms with Crippen molar-refractivity contribution < 1.29 is 0 Å². The largest absolute Gasteiger partial charge is 0.344 e. The number of hydrogen-bond donors (Lipinski definition) is 0. The Balaban J connectivity index is 0.817. The molecule has 3 nitrogen and oxygen atoms in total. The first-order valence-electron chi connectivity index (χ1n) is 22.1. The Morgan fingerprint density at radius 2 is 0.484 bits per heavy atom. The number of fused-ring (bicyclic) bond motifs is 9. The maximum atomic E-state index is 2.37. The van der Waals surface area contributed by atoms with Gasteiger partial charge in [-0.2, -0.15) is 0 Å². The SMILES string of the molecule is Cn1c2ccc(-c3ccc(-c4ccc5c(c4)c4ccccc4n5-c4ccccc4)cc3)cc2c2cc(-c3ccc(-c4ccc5c(c4)c4ccccc4n5-c4ccccc4)cc3)ccc21. The van der Waals surface area contributed by atoms with Crippen molar-refractivity contribution in [3.05, 3.63) is 231 Å². The van der Waals surface area contributed by atoms with Crippen LogP contribution in [0.25, 0.3) is 121 Å². The summed E-state index contributed by atoms with van der Waals surface area (Å²) in [6.45, 7) is 0. The van der Waals surface area contributed by atoms with E-state index in [0.29, 0.717) is 0 Å². The van der Waals surface area contributed by atoms with Gasteiger partial charge in [0.25, 0.3) is 0 Å². The Morgan fingerprint density at radius 1 is 0.219 bits per heavy atom. The fourth-order valence-corrected chi connectivity index (χ4v) is 10.3. The van der Waals surface area contributed by atoms with Gasteiger partial charge in [0, 0.05) is 61.8 Å². The van der Waals surface area contributed by atoms with Crippen LogP contribution in [0.2, 0.25) is 0 Å². The van der Waals surface area contributed by atoms with Gasteiger partial charge in [0.1, 0.15) is 0 Å². The van der Waals surface area contributed by atoms with Gasteiger partial charge < -0.3 is 13.7 Å². The van der Waals surface area contributed by atoms with Crippen LogP contribution in [0, 0.1) is 0 Å². The number of para-hydroxylation sites is 4. The van der Waals surface area contributed by atoms with Crippen LogP contribution >= 0.6 is 0 Å². The van der Waals surface area contributed by atoms with E-state index in [1.54, 1.807) is 0 Å². The van der Waals surface area contributed by atoms with Crippen LogP contribution in [0.15, 0.2) is 231 Å². The highest BCUT2D eigenvalue weighted by atomic mass is 15.0. The van der Waals surface area contributed by atoms with Gasteiger partial charge in [-0.05, 0) is 129 Å². The summed E-state index contributed by atoms with van der Waals surface area (Å²) in [5.41, 5.74) is 19.4. The van der Waals surface area contributed by atoms with Crippen molar-refractivity contribution in [2.75, 3.05) is 0 Å². The molecule has 0 unspecified atom stereocenters. The Bertz CT molecular complexity index is 3660. The van der Waals surface area contributed by atoms with Crippen LogP contribution in [0.5, 0.6) is 0 Å². The van der Waals surface area contributed by atoms with E-state index in [1.807, 2.05) is 0 Å². The Morgan fingerprint density at radius 3 is 0.844 bits per heavy atom. The summed E-state index contributed by atoms with van der Waals surface area (Å²) in [6, 6.07) is 84.5. The molecule has 0 atom stereocenters. The molecule has 3 heterocycles. The molecule has 0 amide bonds. The zero-order valence-electron chi connectivity index (χ0n) is 35.3. The number of hydrogen-bond acceptors (Lipinski definition) is 0. The fourth-order valence-electron chi connectivity index (χ4n) is 10.3. The summed E-state index contributed by atoms with van der Waals surface area (Å²) in [6.07, 6.45) is 0. The van der Waals surface area contributed by atoms with Crippen LogP contribution in [0.3, 0.4) is 0 Å². The topological polar surface area (TPSA) is 14.8 Å². The molecular formula is C61H41N3. The van der Waals surface area contributed by atoms with Crippen molar-refractivity contribution >= 4 is 65.4 Å². The third-order valence-corrected chi connectivity index (χ3v) is 13.5. The van der Waals surface area contributed by atoms with Crippen molar-refractivity contribution in [2.24, 2.45) is 7.05 Å². The van der Waals surface area contributed by atoms with Crippen LogP contribution in [0.4, 0.5) is 0 Å². The second-order valence-electron chi connectivity index (χ2n) is 17.0. The molecule has 13 rings (SSSR count). The fraction of sp³-hybridized carbons (Fsp3) is 0.0164. The monoisotopic (exact) mass is 815 g/mol. The summed E-state index contributed by atoms with van der Waals surface area (Å²) in [4.78, 5) is 0. The number of benzene rings is 10. The molecule has 3 aromatic heterocycles. The maximum absolute atomic E-state index is 2.37. The third-order valence-electron chi connectivity index (χ3n) is 13.5. The van der Waals surface area contributed by atoms with Gasteiger partial charge in [-0.3, -0.25) is 0 Å². The van der Waals surface area contributed by atoms with Crippen LogP contribution < -0.4 is 0 Å². The van der Waals surface area contributed by atoms with E-state index in [2.05, 4.69) is 251 Å². The Kier molecular flexibility index (Phi) is 8.13. The highest BCUT2D eigenvalue weighted by molar-refractivity contribution is 6.13. The average molecular weight is 816 g/mol. The standard InChI is InChI=1S/C61H41N3/c1-62-56-32-28-44(40-20-24-42(25-21-40)46-30-34-60-52(36-46)50-16-8-10-18-58(50)63(60)48-12-4-2-5-13-48)38-54(56)55-39-45(29-33-57(55)62)41-22-26-43(27-23-41)47-31-35-61-53(37-47)51-17-9-11-19-59(51)64(61)49-14-6-3-7-15-49/h2-39H,1H3. The van der Waals surface area contributed by atoms with Crippen molar-refractivity contribution in [2.45, 2.75) is 0 Å². The second kappa shape index (κ2) is 14.3. The number of aryl methyl sites for hydroxylation is 1. The highest BCUT2D eigenvalue weighted by Crippen LogP contribution is 2.39. The lowest BCUT2D eigenvalue weighted by molar-refractivity contribution is 1.01. The van der Waals surface area contributed by atoms with Crippen LogP contribution in [-0.4, -0.2) is 13.7 Å². The molecule has 0 aliphatic carbocycles. The second-order valence-corrected chi connectivity index (χ2v) is 17.0. The molecule has 0 fully saturated rings. The smallest absolute Gasteiger partial charge is 0.0541 e. The number of rotatable bonds is 6. The van der Waals surface area contributed by atoms with Gasteiger partial charge in [0.05, 0.1) is 22.1 Å². The molecule has 13 aromatic rings. The van der Waals surface area contributed by atoms with E-state index >= 15 is 0 Å². The highest BCUT2D eigenvalue weighted by Gasteiger charge is 2.16. The van der Waals surface area contributed by atoms with Gasteiger partial charge in [-0.1, -0.05) is 146 Å². The van der Waals surface area contributed by atoms with Crippen molar-refractivity contribution in [3.63, 3.8) is 0 Å². The summed E-state index contributed by atoms with van der Waals surface area (Å²) in [7, 11) is 2.18. The van der Waals surface area contributed by atoms with Crippen molar-refractivity contribution in [1.82, 2.24) is 13.7 Å². The van der Waals surface area contributed by atoms with Crippen LogP contribution in [0.1, 0.15) is 0 Å². The molecule has 0 saturated carbocycles. The van der Waals surface area contributed by atoms with Crippen molar-refractivity contribution in [1.29, 1.82) is 0 Å². The minimum absolute atomic E-state index is 1.17. The molecule has 3 heteroatoms.